The van der Waals surface area contributed by atoms with Crippen molar-refractivity contribution in [1.29, 1.82) is 0 Å². The lowest BCUT2D eigenvalue weighted by molar-refractivity contribution is -0.134. The smallest absolute Gasteiger partial charge is 0.225 e. The minimum Gasteiger partial charge on any atom is -0.352 e. The standard InChI is InChI=1S/C13H18ClN3O/c1-10(2)13(18)17-8-6-16(7-9-17)12-11(14)4-3-5-15-12/h3-5,10H,6-9H2,1-2H3. The van der Waals surface area contributed by atoms with Gasteiger partial charge >= 0.3 is 0 Å². The SMILES string of the molecule is CC(C)C(=O)N1CCN(c2ncccc2Cl)CC1. The number of nitrogens with zero attached hydrogens (tertiary/aromatic N) is 3. The summed E-state index contributed by atoms with van der Waals surface area (Å²) >= 11 is 6.12. The van der Waals surface area contributed by atoms with E-state index in [1.54, 1.807) is 6.20 Å². The van der Waals surface area contributed by atoms with Crippen LogP contribution in [-0.2, 0) is 4.79 Å². The molecule has 1 amide bonds. The van der Waals surface area contributed by atoms with Crippen LogP contribution in [0.3, 0.4) is 0 Å². The summed E-state index contributed by atoms with van der Waals surface area (Å²) < 4.78 is 0. The average Bonchev–Trinajstić information content (AvgIpc) is 2.38. The number of pyridine rings is 1. The van der Waals surface area contributed by atoms with Gasteiger partial charge in [-0.3, -0.25) is 4.79 Å². The highest BCUT2D eigenvalue weighted by Gasteiger charge is 2.24. The third kappa shape index (κ3) is 2.75. The fraction of sp³-hybridized carbons (Fsp3) is 0.538. The number of rotatable bonds is 2. The molecule has 98 valence electrons. The predicted octanol–water partition coefficient (Wildman–Crippen LogP) is 2.04. The summed E-state index contributed by atoms with van der Waals surface area (Å²) in [6.45, 7) is 6.92. The summed E-state index contributed by atoms with van der Waals surface area (Å²) in [6.07, 6.45) is 1.74. The van der Waals surface area contributed by atoms with Crippen LogP contribution in [0, 0.1) is 5.92 Å². The molecular formula is C13H18ClN3O. The Kier molecular flexibility index (Phi) is 4.07. The molecule has 0 atom stereocenters. The Labute approximate surface area is 113 Å². The monoisotopic (exact) mass is 267 g/mol. The van der Waals surface area contributed by atoms with Gasteiger partial charge in [-0.1, -0.05) is 25.4 Å². The van der Waals surface area contributed by atoms with Crippen molar-refractivity contribution in [3.63, 3.8) is 0 Å². The summed E-state index contributed by atoms with van der Waals surface area (Å²) in [6, 6.07) is 3.67. The average molecular weight is 268 g/mol. The van der Waals surface area contributed by atoms with Crippen molar-refractivity contribution in [2.75, 3.05) is 31.1 Å². The molecule has 1 aromatic heterocycles. The Balaban J connectivity index is 1.99. The Hall–Kier alpha value is -1.29. The van der Waals surface area contributed by atoms with Gasteiger partial charge in [0.15, 0.2) is 0 Å². The van der Waals surface area contributed by atoms with E-state index in [0.29, 0.717) is 5.02 Å². The minimum atomic E-state index is 0.0648. The van der Waals surface area contributed by atoms with Crippen LogP contribution in [0.15, 0.2) is 18.3 Å². The van der Waals surface area contributed by atoms with Crippen LogP contribution in [0.5, 0.6) is 0 Å². The second kappa shape index (κ2) is 5.57. The predicted molar refractivity (Wildman–Crippen MR) is 72.9 cm³/mol. The topological polar surface area (TPSA) is 36.4 Å². The van der Waals surface area contributed by atoms with Crippen molar-refractivity contribution >= 4 is 23.3 Å². The van der Waals surface area contributed by atoms with E-state index in [9.17, 15) is 4.79 Å². The van der Waals surface area contributed by atoms with Gasteiger partial charge in [0.05, 0.1) is 5.02 Å². The molecule has 0 spiro atoms. The van der Waals surface area contributed by atoms with Gasteiger partial charge in [0.2, 0.25) is 5.91 Å². The lowest BCUT2D eigenvalue weighted by Crippen LogP contribution is -2.50. The fourth-order valence-corrected chi connectivity index (χ4v) is 2.35. The van der Waals surface area contributed by atoms with Gasteiger partial charge < -0.3 is 9.80 Å². The molecule has 1 aromatic rings. The van der Waals surface area contributed by atoms with Crippen LogP contribution < -0.4 is 4.90 Å². The number of halogens is 1. The van der Waals surface area contributed by atoms with Crippen molar-refractivity contribution in [2.45, 2.75) is 13.8 Å². The van der Waals surface area contributed by atoms with Crippen molar-refractivity contribution in [2.24, 2.45) is 5.92 Å². The summed E-state index contributed by atoms with van der Waals surface area (Å²) in [7, 11) is 0. The maximum atomic E-state index is 11.9. The molecule has 0 radical (unpaired) electrons. The first-order valence-corrected chi connectivity index (χ1v) is 6.61. The highest BCUT2D eigenvalue weighted by Crippen LogP contribution is 2.23. The van der Waals surface area contributed by atoms with Gasteiger partial charge in [0, 0.05) is 38.3 Å². The maximum absolute atomic E-state index is 11.9. The number of piperazine rings is 1. The van der Waals surface area contributed by atoms with Crippen LogP contribution >= 0.6 is 11.6 Å². The Morgan fingerprint density at radius 2 is 2.00 bits per heavy atom. The molecule has 0 N–H and O–H groups in total. The number of carbonyl (C=O) groups is 1. The van der Waals surface area contributed by atoms with Crippen LogP contribution in [0.1, 0.15) is 13.8 Å². The molecule has 18 heavy (non-hydrogen) atoms. The number of amides is 1. The molecule has 5 heteroatoms. The number of carbonyl (C=O) groups excluding carboxylic acids is 1. The third-order valence-electron chi connectivity index (χ3n) is 3.12. The summed E-state index contributed by atoms with van der Waals surface area (Å²) in [5, 5.41) is 0.668. The summed E-state index contributed by atoms with van der Waals surface area (Å²) in [5.41, 5.74) is 0. The first-order valence-electron chi connectivity index (χ1n) is 6.24. The van der Waals surface area contributed by atoms with Crippen LogP contribution in [0.2, 0.25) is 5.02 Å². The number of hydrogen-bond acceptors (Lipinski definition) is 3. The van der Waals surface area contributed by atoms with Gasteiger partial charge in [0.25, 0.3) is 0 Å². The molecule has 0 aliphatic carbocycles. The third-order valence-corrected chi connectivity index (χ3v) is 3.42. The first-order chi connectivity index (χ1) is 8.59. The van der Waals surface area contributed by atoms with Gasteiger partial charge in [-0.05, 0) is 12.1 Å². The van der Waals surface area contributed by atoms with E-state index in [-0.39, 0.29) is 11.8 Å². The Morgan fingerprint density at radius 3 is 2.56 bits per heavy atom. The number of aromatic nitrogens is 1. The zero-order chi connectivity index (χ0) is 13.1. The Morgan fingerprint density at radius 1 is 1.33 bits per heavy atom. The zero-order valence-corrected chi connectivity index (χ0v) is 11.5. The van der Waals surface area contributed by atoms with Crippen LogP contribution in [0.4, 0.5) is 5.82 Å². The Bertz CT molecular complexity index is 428. The molecule has 2 heterocycles. The summed E-state index contributed by atoms with van der Waals surface area (Å²) in [5.74, 6) is 1.10. The van der Waals surface area contributed by atoms with Gasteiger partial charge in [0.1, 0.15) is 5.82 Å². The van der Waals surface area contributed by atoms with E-state index in [1.165, 1.54) is 0 Å². The lowest BCUT2D eigenvalue weighted by Gasteiger charge is -2.36. The number of hydrogen-bond donors (Lipinski definition) is 0. The fourth-order valence-electron chi connectivity index (χ4n) is 2.11. The highest BCUT2D eigenvalue weighted by molar-refractivity contribution is 6.32. The second-order valence-corrected chi connectivity index (χ2v) is 5.18. The van der Waals surface area contributed by atoms with Gasteiger partial charge in [-0.25, -0.2) is 4.98 Å². The van der Waals surface area contributed by atoms with E-state index in [1.807, 2.05) is 30.9 Å². The quantitative estimate of drug-likeness (QED) is 0.823. The van der Waals surface area contributed by atoms with Crippen LogP contribution in [-0.4, -0.2) is 42.0 Å². The van der Waals surface area contributed by atoms with E-state index in [2.05, 4.69) is 9.88 Å². The first kappa shape index (κ1) is 13.1. The lowest BCUT2D eigenvalue weighted by atomic mass is 10.1. The van der Waals surface area contributed by atoms with Gasteiger partial charge in [-0.2, -0.15) is 0 Å². The molecule has 2 rings (SSSR count). The second-order valence-electron chi connectivity index (χ2n) is 4.78. The van der Waals surface area contributed by atoms with E-state index >= 15 is 0 Å². The highest BCUT2D eigenvalue weighted by atomic mass is 35.5. The molecule has 0 bridgehead atoms. The maximum Gasteiger partial charge on any atom is 0.225 e. The van der Waals surface area contributed by atoms with E-state index < -0.39 is 0 Å². The van der Waals surface area contributed by atoms with Crippen molar-refractivity contribution in [3.8, 4) is 0 Å². The molecule has 0 aromatic carbocycles. The van der Waals surface area contributed by atoms with Crippen molar-refractivity contribution < 1.29 is 4.79 Å². The number of anilines is 1. The zero-order valence-electron chi connectivity index (χ0n) is 10.8. The van der Waals surface area contributed by atoms with Crippen molar-refractivity contribution in [1.82, 2.24) is 9.88 Å². The minimum absolute atomic E-state index is 0.0648. The molecular weight excluding hydrogens is 250 g/mol. The van der Waals surface area contributed by atoms with Crippen LogP contribution in [0.25, 0.3) is 0 Å². The molecule has 4 nitrogen and oxygen atoms in total. The molecule has 1 aliphatic rings. The largest absolute Gasteiger partial charge is 0.352 e. The molecule has 1 aliphatic heterocycles. The van der Waals surface area contributed by atoms with Gasteiger partial charge in [-0.15, -0.1) is 0 Å². The van der Waals surface area contributed by atoms with E-state index in [4.69, 9.17) is 11.6 Å². The summed E-state index contributed by atoms with van der Waals surface area (Å²) in [4.78, 5) is 20.2. The molecule has 1 saturated heterocycles. The normalized spacial score (nSPS) is 16.2. The molecule has 1 fully saturated rings. The molecule has 0 saturated carbocycles. The van der Waals surface area contributed by atoms with Crippen molar-refractivity contribution in [3.05, 3.63) is 23.4 Å². The molecule has 0 unspecified atom stereocenters. The van der Waals surface area contributed by atoms with E-state index in [0.717, 1.165) is 32.0 Å².